The Morgan fingerprint density at radius 1 is 0.654 bits per heavy atom. The van der Waals surface area contributed by atoms with Crippen LogP contribution >= 0.6 is 0 Å². The molecule has 0 amide bonds. The third kappa shape index (κ3) is 15.2. The predicted octanol–water partition coefficient (Wildman–Crippen LogP) is 8.73. The van der Waals surface area contributed by atoms with Crippen molar-refractivity contribution >= 4 is 0 Å². The molecule has 6 nitrogen and oxygen atoms in total. The van der Waals surface area contributed by atoms with Gasteiger partial charge in [0.05, 0.1) is 5.60 Å². The smallest absolute Gasteiger partial charge is 0.115 e. The summed E-state index contributed by atoms with van der Waals surface area (Å²) < 4.78 is 5.88. The van der Waals surface area contributed by atoms with Gasteiger partial charge in [0.1, 0.15) is 36.6 Å². The van der Waals surface area contributed by atoms with E-state index in [0.717, 1.165) is 23.1 Å². The summed E-state index contributed by atoms with van der Waals surface area (Å²) in [6, 6.07) is 0. The van der Waals surface area contributed by atoms with Gasteiger partial charge in [-0.1, -0.05) is 157 Å². The van der Waals surface area contributed by atoms with E-state index in [9.17, 15) is 25.5 Å². The zero-order valence-electron chi connectivity index (χ0n) is 33.0. The van der Waals surface area contributed by atoms with Crippen molar-refractivity contribution in [2.45, 2.75) is 124 Å². The average molecular weight is 713 g/mol. The first-order valence-corrected chi connectivity index (χ1v) is 18.2. The topological polar surface area (TPSA) is 110 Å². The fourth-order valence-corrected chi connectivity index (χ4v) is 5.86. The molecule has 284 valence electrons. The highest BCUT2D eigenvalue weighted by atomic mass is 16.5. The van der Waals surface area contributed by atoms with Gasteiger partial charge in [0, 0.05) is 0 Å². The van der Waals surface area contributed by atoms with Crippen molar-refractivity contribution in [2.24, 2.45) is 5.41 Å². The molecule has 52 heavy (non-hydrogen) atoms. The normalized spacial score (nSPS) is 27.7. The minimum atomic E-state index is -1.64. The highest BCUT2D eigenvalue weighted by Gasteiger charge is 2.50. The highest BCUT2D eigenvalue weighted by molar-refractivity contribution is 5.42. The van der Waals surface area contributed by atoms with Crippen molar-refractivity contribution in [3.05, 3.63) is 154 Å². The summed E-state index contributed by atoms with van der Waals surface area (Å²) in [5.41, 5.74) is 7.77. The molecule has 2 rings (SSSR count). The lowest BCUT2D eigenvalue weighted by molar-refractivity contribution is -0.256. The highest BCUT2D eigenvalue weighted by Crippen LogP contribution is 2.37. The molecule has 0 saturated heterocycles. The Morgan fingerprint density at radius 2 is 1.06 bits per heavy atom. The van der Waals surface area contributed by atoms with Gasteiger partial charge in [0.15, 0.2) is 0 Å². The van der Waals surface area contributed by atoms with Gasteiger partial charge >= 0.3 is 0 Å². The summed E-state index contributed by atoms with van der Waals surface area (Å²) in [7, 11) is 0. The summed E-state index contributed by atoms with van der Waals surface area (Å²) in [4.78, 5) is 0. The summed E-state index contributed by atoms with van der Waals surface area (Å²) in [6.45, 7) is 20.7. The van der Waals surface area contributed by atoms with Crippen LogP contribution in [0.1, 0.15) is 82.1 Å². The zero-order chi connectivity index (χ0) is 39.1. The molecule has 2 aliphatic rings. The molecule has 0 spiro atoms. The van der Waals surface area contributed by atoms with E-state index < -0.39 is 42.2 Å². The molecule has 0 aliphatic heterocycles. The third-order valence-electron chi connectivity index (χ3n) is 9.17. The van der Waals surface area contributed by atoms with Gasteiger partial charge in [-0.05, 0) is 84.8 Å². The van der Waals surface area contributed by atoms with Gasteiger partial charge in [-0.15, -0.1) is 0 Å². The second-order valence-electron chi connectivity index (χ2n) is 15.3. The second-order valence-corrected chi connectivity index (χ2v) is 15.3. The second kappa shape index (κ2) is 21.2. The van der Waals surface area contributed by atoms with E-state index in [4.69, 9.17) is 4.74 Å². The minimum Gasteiger partial charge on any atom is -0.387 e. The van der Waals surface area contributed by atoms with Gasteiger partial charge in [0.25, 0.3) is 0 Å². The number of aliphatic hydroxyl groups is 5. The lowest BCUT2D eigenvalue weighted by Gasteiger charge is -2.44. The zero-order valence-corrected chi connectivity index (χ0v) is 33.0. The van der Waals surface area contributed by atoms with Crippen molar-refractivity contribution < 1.29 is 30.3 Å². The Bertz CT molecular complexity index is 1580. The number of ether oxygens (including phenoxy) is 1. The lowest BCUT2D eigenvalue weighted by atomic mass is 9.75. The summed E-state index contributed by atoms with van der Waals surface area (Å²) in [5.74, 6) is 0. The van der Waals surface area contributed by atoms with Crippen LogP contribution in [0.2, 0.25) is 0 Å². The Balaban J connectivity index is 1.83. The average Bonchev–Trinajstić information content (AvgIpc) is 3.06. The molecule has 1 fully saturated rings. The maximum Gasteiger partial charge on any atom is 0.115 e. The standard InChI is InChI=1S/C46H64O6/c1-32(18-11-12-19-33(2)21-15-25-36(5)28-29-38-37(6)27-17-30-45(38,7)8)20-13-22-34(3)23-14-24-35(4)26-16-31-46(9,10)52-44-42(50)40(48)39(47)41(49)43(44)51/h11-29,39-44,47-51H,30-31H2,1-10H3/b12-11+,20-13+,21-15+,23-14+,26-16-,29-28+,32-18+,33-19+,34-22+,35-24+,36-25+/t39?,40-,41-,42-,43+,44?/m0/s1. The number of allylic oxidation sites excluding steroid dienone is 25. The van der Waals surface area contributed by atoms with E-state index in [1.165, 1.54) is 22.3 Å². The Kier molecular flexibility index (Phi) is 18.1. The van der Waals surface area contributed by atoms with Crippen LogP contribution < -0.4 is 0 Å². The Hall–Kier alpha value is -3.62. The van der Waals surface area contributed by atoms with Crippen molar-refractivity contribution in [2.75, 3.05) is 0 Å². The van der Waals surface area contributed by atoms with E-state index in [1.54, 1.807) is 13.8 Å². The largest absolute Gasteiger partial charge is 0.387 e. The van der Waals surface area contributed by atoms with Crippen LogP contribution in [-0.4, -0.2) is 67.8 Å². The van der Waals surface area contributed by atoms with Crippen molar-refractivity contribution in [3.8, 4) is 0 Å². The number of hydrogen-bond donors (Lipinski definition) is 5. The van der Waals surface area contributed by atoms with E-state index >= 15 is 0 Å². The summed E-state index contributed by atoms with van der Waals surface area (Å²) in [5, 5.41) is 50.3. The minimum absolute atomic E-state index is 0.174. The van der Waals surface area contributed by atoms with Crippen LogP contribution in [0.3, 0.4) is 0 Å². The van der Waals surface area contributed by atoms with Crippen LogP contribution in [0, 0.1) is 5.41 Å². The maximum atomic E-state index is 10.3. The Morgan fingerprint density at radius 3 is 1.52 bits per heavy atom. The molecule has 0 aromatic carbocycles. The molecular formula is C46H64O6. The van der Waals surface area contributed by atoms with E-state index in [-0.39, 0.29) is 5.41 Å². The van der Waals surface area contributed by atoms with Crippen molar-refractivity contribution in [1.82, 2.24) is 0 Å². The molecule has 0 radical (unpaired) electrons. The van der Waals surface area contributed by atoms with E-state index in [2.05, 4.69) is 114 Å². The van der Waals surface area contributed by atoms with Gasteiger partial charge in [-0.2, -0.15) is 0 Å². The van der Waals surface area contributed by atoms with Gasteiger partial charge in [0.2, 0.25) is 0 Å². The fraction of sp³-hybridized carbons (Fsp3) is 0.435. The predicted molar refractivity (Wildman–Crippen MR) is 217 cm³/mol. The molecule has 2 unspecified atom stereocenters. The first-order valence-electron chi connectivity index (χ1n) is 18.2. The van der Waals surface area contributed by atoms with E-state index in [0.29, 0.717) is 6.42 Å². The van der Waals surface area contributed by atoms with Crippen LogP contribution in [0.4, 0.5) is 0 Å². The summed E-state index contributed by atoms with van der Waals surface area (Å²) >= 11 is 0. The molecule has 5 N–H and O–H groups in total. The van der Waals surface area contributed by atoms with Crippen LogP contribution in [0.25, 0.3) is 0 Å². The molecule has 0 aromatic heterocycles. The van der Waals surface area contributed by atoms with E-state index in [1.807, 2.05) is 56.4 Å². The fourth-order valence-electron chi connectivity index (χ4n) is 5.86. The van der Waals surface area contributed by atoms with Gasteiger partial charge in [-0.3, -0.25) is 0 Å². The van der Waals surface area contributed by atoms with Gasteiger partial charge in [-0.25, -0.2) is 0 Å². The first kappa shape index (κ1) is 44.5. The van der Waals surface area contributed by atoms with Crippen LogP contribution in [0.5, 0.6) is 0 Å². The monoisotopic (exact) mass is 712 g/mol. The molecule has 6 atom stereocenters. The quantitative estimate of drug-likeness (QED) is 0.109. The number of hydrogen-bond acceptors (Lipinski definition) is 6. The first-order chi connectivity index (χ1) is 24.3. The third-order valence-corrected chi connectivity index (χ3v) is 9.17. The van der Waals surface area contributed by atoms with Crippen LogP contribution in [-0.2, 0) is 4.74 Å². The molecule has 0 bridgehead atoms. The number of aliphatic hydroxyl groups excluding tert-OH is 5. The molecule has 0 aromatic rings. The van der Waals surface area contributed by atoms with Crippen molar-refractivity contribution in [3.63, 3.8) is 0 Å². The molecule has 0 heterocycles. The summed E-state index contributed by atoms with van der Waals surface area (Å²) in [6.07, 6.45) is 32.0. The molecular weight excluding hydrogens is 649 g/mol. The molecule has 1 saturated carbocycles. The maximum absolute atomic E-state index is 10.3. The van der Waals surface area contributed by atoms with Crippen LogP contribution in [0.15, 0.2) is 154 Å². The lowest BCUT2D eigenvalue weighted by Crippen LogP contribution is -2.65. The molecule has 2 aliphatic carbocycles. The SMILES string of the molecule is CC1=C(/C=C/C(C)=C/C=C/C(C)=C/C=C/C=C(C)/C=C/C=C(C)/C=C/C=C(C)/C=C\CC(C)(C)OC2[C@@H](O)[C@@H](O)C(O)[C@H](O)[C@H]2O)C(C)(C)CC=C1. The Labute approximate surface area is 313 Å². The van der Waals surface area contributed by atoms with Gasteiger partial charge < -0.3 is 30.3 Å². The molecule has 6 heteroatoms. The van der Waals surface area contributed by atoms with Crippen molar-refractivity contribution in [1.29, 1.82) is 0 Å². The number of rotatable bonds is 15.